The summed E-state index contributed by atoms with van der Waals surface area (Å²) in [4.78, 5) is 11.2. The van der Waals surface area contributed by atoms with Crippen molar-refractivity contribution >= 4 is 25.4 Å². The molecule has 112 valence electrons. The number of rotatable bonds is 12. The van der Waals surface area contributed by atoms with Crippen LogP contribution in [-0.2, 0) is 14.1 Å². The molecule has 2 N–H and O–H groups in total. The van der Waals surface area contributed by atoms with Crippen LogP contribution in [0.25, 0.3) is 0 Å². The fraction of sp³-hybridized carbons (Fsp3) is 0.917. The zero-order valence-electron chi connectivity index (χ0n) is 11.6. The molecule has 3 atom stereocenters. The van der Waals surface area contributed by atoms with E-state index in [0.29, 0.717) is 12.4 Å². The first-order chi connectivity index (χ1) is 9.02. The van der Waals surface area contributed by atoms with Gasteiger partial charge >= 0.3 is 13.8 Å². The number of halogens is 1. The Hall–Kier alpha value is -0.220. The van der Waals surface area contributed by atoms with E-state index in [1.54, 1.807) is 6.66 Å². The van der Waals surface area contributed by atoms with Crippen molar-refractivity contribution in [2.75, 3.05) is 25.7 Å². The van der Waals surface area contributed by atoms with Crippen molar-refractivity contribution in [1.29, 1.82) is 0 Å². The topological polar surface area (TPSA) is 75.6 Å². The molecule has 0 heterocycles. The number of carbonyl (C=O) groups is 1. The lowest BCUT2D eigenvalue weighted by atomic mass is 10.2. The largest absolute Gasteiger partial charge is 0.480 e. The van der Waals surface area contributed by atoms with E-state index in [9.17, 15) is 9.36 Å². The van der Waals surface area contributed by atoms with Crippen molar-refractivity contribution in [2.45, 2.75) is 44.5 Å². The quantitative estimate of drug-likeness (QED) is 0.329. The Kier molecular flexibility index (Phi) is 11.5. The van der Waals surface area contributed by atoms with Crippen LogP contribution >= 0.6 is 19.4 Å². The van der Waals surface area contributed by atoms with Crippen LogP contribution in [0.5, 0.6) is 0 Å². The van der Waals surface area contributed by atoms with Crippen molar-refractivity contribution < 1.29 is 19.2 Å². The van der Waals surface area contributed by atoms with E-state index in [1.165, 1.54) is 0 Å². The summed E-state index contributed by atoms with van der Waals surface area (Å²) >= 11 is 5.52. The Bertz CT molecular complexity index is 278. The van der Waals surface area contributed by atoms with Gasteiger partial charge in [0.15, 0.2) is 0 Å². The Labute approximate surface area is 120 Å². The van der Waals surface area contributed by atoms with E-state index in [-0.39, 0.29) is 13.0 Å². The molecule has 0 aromatic heterocycles. The van der Waals surface area contributed by atoms with Gasteiger partial charge in [-0.25, -0.2) is 0 Å². The average Bonchev–Trinajstić information content (AvgIpc) is 2.36. The highest BCUT2D eigenvalue weighted by atomic mass is 35.5. The second-order valence-electron chi connectivity index (χ2n) is 4.35. The van der Waals surface area contributed by atoms with Gasteiger partial charge in [-0.05, 0) is 13.0 Å². The minimum absolute atomic E-state index is 0.198. The van der Waals surface area contributed by atoms with Gasteiger partial charge < -0.3 is 15.2 Å². The Morgan fingerprint density at radius 2 is 2.16 bits per heavy atom. The minimum Gasteiger partial charge on any atom is -0.480 e. The van der Waals surface area contributed by atoms with Gasteiger partial charge in [0.2, 0.25) is 0 Å². The zero-order chi connectivity index (χ0) is 14.7. The third kappa shape index (κ3) is 9.33. The van der Waals surface area contributed by atoms with E-state index in [0.717, 1.165) is 19.3 Å². The summed E-state index contributed by atoms with van der Waals surface area (Å²) in [5, 5.41) is 12.1. The third-order valence-corrected chi connectivity index (χ3v) is 4.02. The standard InChI is InChI=1S/C12H23ClNO4P/c1-3-4-5-7-14-10(12(15)16)9-11(19(2)17)18-8-6-13/h10-11,14H,3-9H2,1-2H3/p+1. The number of hydrogen-bond donors (Lipinski definition) is 2. The maximum atomic E-state index is 11.5. The molecule has 0 fully saturated rings. The van der Waals surface area contributed by atoms with E-state index >= 15 is 0 Å². The second kappa shape index (κ2) is 11.6. The van der Waals surface area contributed by atoms with E-state index in [4.69, 9.17) is 21.4 Å². The molecule has 0 aliphatic rings. The summed E-state index contributed by atoms with van der Waals surface area (Å²) in [6.07, 6.45) is 3.28. The predicted octanol–water partition coefficient (Wildman–Crippen LogP) is 2.65. The normalized spacial score (nSPS) is 15.0. The molecule has 5 nitrogen and oxygen atoms in total. The van der Waals surface area contributed by atoms with Crippen molar-refractivity contribution in [3.8, 4) is 0 Å². The molecule has 0 aliphatic carbocycles. The second-order valence-corrected chi connectivity index (χ2v) is 6.39. The SMILES string of the molecule is CCCCCNC(CC(OCCCl)[P+](C)=O)C(=O)O. The fourth-order valence-corrected chi connectivity index (χ4v) is 2.54. The van der Waals surface area contributed by atoms with Gasteiger partial charge in [0, 0.05) is 12.3 Å². The molecular formula is C12H24ClNO4P+. The number of hydrogen-bond acceptors (Lipinski definition) is 4. The van der Waals surface area contributed by atoms with E-state index in [1.807, 2.05) is 0 Å². The highest BCUT2D eigenvalue weighted by Crippen LogP contribution is 2.28. The lowest BCUT2D eigenvalue weighted by Crippen LogP contribution is -2.40. The van der Waals surface area contributed by atoms with Gasteiger partial charge in [-0.3, -0.25) is 4.79 Å². The van der Waals surface area contributed by atoms with Gasteiger partial charge in [-0.1, -0.05) is 24.3 Å². The molecule has 0 aromatic rings. The Balaban J connectivity index is 4.27. The molecule has 0 radical (unpaired) electrons. The Morgan fingerprint density at radius 1 is 1.47 bits per heavy atom. The van der Waals surface area contributed by atoms with Crippen LogP contribution in [0.2, 0.25) is 0 Å². The van der Waals surface area contributed by atoms with Crippen LogP contribution in [0, 0.1) is 0 Å². The highest BCUT2D eigenvalue weighted by Gasteiger charge is 2.32. The monoisotopic (exact) mass is 312 g/mol. The first-order valence-electron chi connectivity index (χ1n) is 6.56. The van der Waals surface area contributed by atoms with Gasteiger partial charge in [-0.2, -0.15) is 0 Å². The fourth-order valence-electron chi connectivity index (χ4n) is 1.63. The number of ether oxygens (including phenoxy) is 1. The average molecular weight is 313 g/mol. The number of nitrogens with one attached hydrogen (secondary N) is 1. The molecule has 0 bridgehead atoms. The molecule has 3 unspecified atom stereocenters. The van der Waals surface area contributed by atoms with Crippen molar-refractivity contribution in [1.82, 2.24) is 5.32 Å². The third-order valence-electron chi connectivity index (χ3n) is 2.70. The first kappa shape index (κ1) is 18.8. The van der Waals surface area contributed by atoms with Crippen molar-refractivity contribution in [2.24, 2.45) is 0 Å². The van der Waals surface area contributed by atoms with Crippen LogP contribution < -0.4 is 5.32 Å². The molecule has 0 saturated carbocycles. The molecule has 0 rings (SSSR count). The molecule has 0 amide bonds. The minimum atomic E-state index is -1.59. The molecule has 0 saturated heterocycles. The van der Waals surface area contributed by atoms with E-state index in [2.05, 4.69) is 12.2 Å². The predicted molar refractivity (Wildman–Crippen MR) is 77.6 cm³/mol. The van der Waals surface area contributed by atoms with Crippen LogP contribution in [-0.4, -0.2) is 48.7 Å². The highest BCUT2D eigenvalue weighted by molar-refractivity contribution is 7.44. The van der Waals surface area contributed by atoms with Crippen LogP contribution in [0.4, 0.5) is 0 Å². The lowest BCUT2D eigenvalue weighted by molar-refractivity contribution is -0.140. The van der Waals surface area contributed by atoms with Gasteiger partial charge in [0.05, 0.1) is 6.61 Å². The summed E-state index contributed by atoms with van der Waals surface area (Å²) in [5.41, 5.74) is 0. The number of aliphatic carboxylic acids is 1. The summed E-state index contributed by atoms with van der Waals surface area (Å²) in [6.45, 7) is 4.56. The maximum absolute atomic E-state index is 11.5. The molecule has 0 aromatic carbocycles. The summed E-state index contributed by atoms with van der Waals surface area (Å²) < 4.78 is 16.9. The maximum Gasteiger partial charge on any atom is 0.367 e. The number of unbranched alkanes of at least 4 members (excludes halogenated alkanes) is 2. The summed E-state index contributed by atoms with van der Waals surface area (Å²) in [7, 11) is -1.59. The van der Waals surface area contributed by atoms with Crippen LogP contribution in [0.3, 0.4) is 0 Å². The van der Waals surface area contributed by atoms with Crippen molar-refractivity contribution in [3.63, 3.8) is 0 Å². The summed E-state index contributed by atoms with van der Waals surface area (Å²) in [5.74, 6) is -1.19. The van der Waals surface area contributed by atoms with Gasteiger partial charge in [-0.15, -0.1) is 11.6 Å². The molecular weight excluding hydrogens is 289 g/mol. The number of carboxylic acid groups (broad SMARTS) is 1. The van der Waals surface area contributed by atoms with Crippen LogP contribution in [0.15, 0.2) is 0 Å². The van der Waals surface area contributed by atoms with Crippen LogP contribution in [0.1, 0.15) is 32.6 Å². The molecule has 7 heteroatoms. The number of carboxylic acids is 1. The van der Waals surface area contributed by atoms with Gasteiger partial charge in [0.1, 0.15) is 12.7 Å². The Morgan fingerprint density at radius 3 is 2.63 bits per heavy atom. The van der Waals surface area contributed by atoms with E-state index < -0.39 is 25.7 Å². The van der Waals surface area contributed by atoms with Crippen molar-refractivity contribution in [3.05, 3.63) is 0 Å². The zero-order valence-corrected chi connectivity index (χ0v) is 13.3. The van der Waals surface area contributed by atoms with Gasteiger partial charge in [0.25, 0.3) is 5.85 Å². The molecule has 0 spiro atoms. The molecule has 0 aliphatic heterocycles. The molecule has 19 heavy (non-hydrogen) atoms. The smallest absolute Gasteiger partial charge is 0.367 e. The number of alkyl halides is 1. The summed E-state index contributed by atoms with van der Waals surface area (Å²) in [6, 6.07) is -0.726. The first-order valence-corrected chi connectivity index (χ1v) is 8.87. The lowest BCUT2D eigenvalue weighted by Gasteiger charge is -2.16.